The zero-order valence-electron chi connectivity index (χ0n) is 12.8. The molecule has 3 nitrogen and oxygen atoms in total. The summed E-state index contributed by atoms with van der Waals surface area (Å²) in [5.74, 6) is -0.579. The van der Waals surface area contributed by atoms with Crippen LogP contribution in [0.2, 0.25) is 0 Å². The number of rotatable bonds is 9. The molecule has 1 heterocycles. The maximum Gasteiger partial charge on any atom is 0.310 e. The van der Waals surface area contributed by atoms with Crippen molar-refractivity contribution in [3.63, 3.8) is 0 Å². The molecule has 1 saturated heterocycles. The monoisotopic (exact) mass is 269 g/mol. The molecule has 0 aromatic rings. The lowest BCUT2D eigenvalue weighted by atomic mass is 9.76. The molecule has 0 spiro atoms. The van der Waals surface area contributed by atoms with Crippen LogP contribution in [-0.2, 0) is 4.79 Å². The molecule has 0 bridgehead atoms. The highest BCUT2D eigenvalue weighted by atomic mass is 16.4. The van der Waals surface area contributed by atoms with E-state index in [9.17, 15) is 9.90 Å². The van der Waals surface area contributed by atoms with Crippen LogP contribution in [-0.4, -0.2) is 35.6 Å². The van der Waals surface area contributed by atoms with Crippen LogP contribution in [0.15, 0.2) is 0 Å². The van der Waals surface area contributed by atoms with Crippen LogP contribution in [0.1, 0.15) is 71.6 Å². The summed E-state index contributed by atoms with van der Waals surface area (Å²) in [7, 11) is 0. The second kappa shape index (κ2) is 8.57. The minimum Gasteiger partial charge on any atom is -0.481 e. The van der Waals surface area contributed by atoms with Crippen molar-refractivity contribution in [2.45, 2.75) is 71.6 Å². The van der Waals surface area contributed by atoms with Crippen LogP contribution in [0.25, 0.3) is 0 Å². The Balaban J connectivity index is 2.37. The van der Waals surface area contributed by atoms with Crippen molar-refractivity contribution < 1.29 is 9.90 Å². The largest absolute Gasteiger partial charge is 0.481 e. The fourth-order valence-electron chi connectivity index (χ4n) is 3.32. The molecular weight excluding hydrogens is 238 g/mol. The van der Waals surface area contributed by atoms with E-state index in [1.807, 2.05) is 0 Å². The Morgan fingerprint density at radius 1 is 1.16 bits per heavy atom. The first-order valence-electron chi connectivity index (χ1n) is 8.10. The predicted molar refractivity (Wildman–Crippen MR) is 79.4 cm³/mol. The van der Waals surface area contributed by atoms with Crippen molar-refractivity contribution >= 4 is 5.97 Å². The fraction of sp³-hybridized carbons (Fsp3) is 0.938. The van der Waals surface area contributed by atoms with E-state index in [4.69, 9.17) is 0 Å². The molecule has 0 aliphatic carbocycles. The van der Waals surface area contributed by atoms with Crippen molar-refractivity contribution in [2.24, 2.45) is 5.41 Å². The number of carboxylic acids is 1. The maximum atomic E-state index is 11.6. The van der Waals surface area contributed by atoms with Gasteiger partial charge in [0.15, 0.2) is 0 Å². The SMILES string of the molecule is CCCCCCCN1CCCC(CCC)(C(=O)O)C1. The summed E-state index contributed by atoms with van der Waals surface area (Å²) >= 11 is 0. The highest BCUT2D eigenvalue weighted by Crippen LogP contribution is 2.35. The number of nitrogens with zero attached hydrogens (tertiary/aromatic N) is 1. The quantitative estimate of drug-likeness (QED) is 0.645. The molecule has 19 heavy (non-hydrogen) atoms. The van der Waals surface area contributed by atoms with E-state index in [1.54, 1.807) is 0 Å². The first kappa shape index (κ1) is 16.5. The summed E-state index contributed by atoms with van der Waals surface area (Å²) in [6.45, 7) is 7.27. The Morgan fingerprint density at radius 3 is 2.53 bits per heavy atom. The van der Waals surface area contributed by atoms with Crippen LogP contribution in [0.4, 0.5) is 0 Å². The minimum absolute atomic E-state index is 0.462. The van der Waals surface area contributed by atoms with Crippen molar-refractivity contribution in [3.05, 3.63) is 0 Å². The van der Waals surface area contributed by atoms with Crippen LogP contribution in [0.3, 0.4) is 0 Å². The van der Waals surface area contributed by atoms with Gasteiger partial charge in [0.2, 0.25) is 0 Å². The van der Waals surface area contributed by atoms with Gasteiger partial charge in [0.1, 0.15) is 0 Å². The Bertz CT molecular complexity index is 263. The summed E-state index contributed by atoms with van der Waals surface area (Å²) in [6.07, 6.45) is 10.1. The number of likely N-dealkylation sites (tertiary alicyclic amines) is 1. The average molecular weight is 269 g/mol. The maximum absolute atomic E-state index is 11.6. The molecule has 0 radical (unpaired) electrons. The number of hydrogen-bond acceptors (Lipinski definition) is 2. The molecule has 1 unspecified atom stereocenters. The van der Waals surface area contributed by atoms with E-state index in [-0.39, 0.29) is 0 Å². The van der Waals surface area contributed by atoms with E-state index in [1.165, 1.54) is 32.1 Å². The fourth-order valence-corrected chi connectivity index (χ4v) is 3.32. The molecular formula is C16H31NO2. The predicted octanol–water partition coefficient (Wildman–Crippen LogP) is 3.92. The van der Waals surface area contributed by atoms with Gasteiger partial charge in [0.25, 0.3) is 0 Å². The lowest BCUT2D eigenvalue weighted by Crippen LogP contribution is -2.48. The van der Waals surface area contributed by atoms with Gasteiger partial charge < -0.3 is 10.0 Å². The number of piperidine rings is 1. The standard InChI is InChI=1S/C16H31NO2/c1-3-5-6-7-8-12-17-13-9-11-16(14-17,10-4-2)15(18)19/h3-14H2,1-2H3,(H,18,19). The average Bonchev–Trinajstić information content (AvgIpc) is 2.39. The first-order valence-corrected chi connectivity index (χ1v) is 8.10. The molecule has 1 aliphatic rings. The zero-order valence-corrected chi connectivity index (χ0v) is 12.8. The van der Waals surface area contributed by atoms with Crippen molar-refractivity contribution in [2.75, 3.05) is 19.6 Å². The number of hydrogen-bond donors (Lipinski definition) is 1. The Hall–Kier alpha value is -0.570. The molecule has 1 rings (SSSR count). The minimum atomic E-state index is -0.579. The van der Waals surface area contributed by atoms with Gasteiger partial charge in [-0.1, -0.05) is 46.0 Å². The van der Waals surface area contributed by atoms with E-state index in [2.05, 4.69) is 18.7 Å². The molecule has 0 aromatic carbocycles. The van der Waals surface area contributed by atoms with Gasteiger partial charge in [0, 0.05) is 6.54 Å². The zero-order chi connectivity index (χ0) is 14.1. The third kappa shape index (κ3) is 5.13. The first-order chi connectivity index (χ1) is 9.14. The van der Waals surface area contributed by atoms with Gasteiger partial charge in [-0.2, -0.15) is 0 Å². The van der Waals surface area contributed by atoms with Gasteiger partial charge in [-0.25, -0.2) is 0 Å². The molecule has 112 valence electrons. The van der Waals surface area contributed by atoms with Gasteiger partial charge in [-0.05, 0) is 38.8 Å². The third-order valence-corrected chi connectivity index (χ3v) is 4.42. The van der Waals surface area contributed by atoms with Crippen molar-refractivity contribution in [3.8, 4) is 0 Å². The molecule has 1 atom stereocenters. The van der Waals surface area contributed by atoms with Crippen LogP contribution >= 0.6 is 0 Å². The van der Waals surface area contributed by atoms with E-state index in [0.29, 0.717) is 0 Å². The summed E-state index contributed by atoms with van der Waals surface area (Å²) < 4.78 is 0. The topological polar surface area (TPSA) is 40.5 Å². The van der Waals surface area contributed by atoms with Crippen LogP contribution in [0.5, 0.6) is 0 Å². The van der Waals surface area contributed by atoms with Crippen molar-refractivity contribution in [1.29, 1.82) is 0 Å². The van der Waals surface area contributed by atoms with Gasteiger partial charge in [0.05, 0.1) is 5.41 Å². The Labute approximate surface area is 118 Å². The lowest BCUT2D eigenvalue weighted by Gasteiger charge is -2.40. The normalized spacial score (nSPS) is 24.5. The highest BCUT2D eigenvalue weighted by Gasteiger charge is 2.41. The van der Waals surface area contributed by atoms with E-state index in [0.717, 1.165) is 45.3 Å². The second-order valence-corrected chi connectivity index (χ2v) is 6.13. The molecule has 0 amide bonds. The van der Waals surface area contributed by atoms with Gasteiger partial charge in [-0.3, -0.25) is 4.79 Å². The summed E-state index contributed by atoms with van der Waals surface area (Å²) in [5, 5.41) is 9.55. The highest BCUT2D eigenvalue weighted by molar-refractivity contribution is 5.75. The smallest absolute Gasteiger partial charge is 0.310 e. The number of carbonyl (C=O) groups is 1. The molecule has 3 heteroatoms. The van der Waals surface area contributed by atoms with Crippen LogP contribution in [0, 0.1) is 5.41 Å². The van der Waals surface area contributed by atoms with Crippen LogP contribution < -0.4 is 0 Å². The third-order valence-electron chi connectivity index (χ3n) is 4.42. The number of aliphatic carboxylic acids is 1. The molecule has 1 aliphatic heterocycles. The molecule has 1 N–H and O–H groups in total. The molecule has 1 fully saturated rings. The lowest BCUT2D eigenvalue weighted by molar-refractivity contribution is -0.153. The summed E-state index contributed by atoms with van der Waals surface area (Å²) in [6, 6.07) is 0. The van der Waals surface area contributed by atoms with E-state index < -0.39 is 11.4 Å². The van der Waals surface area contributed by atoms with Gasteiger partial charge in [-0.15, -0.1) is 0 Å². The Kier molecular flexibility index (Phi) is 7.44. The summed E-state index contributed by atoms with van der Waals surface area (Å²) in [4.78, 5) is 14.0. The molecule has 0 aromatic heterocycles. The number of unbranched alkanes of at least 4 members (excludes halogenated alkanes) is 4. The van der Waals surface area contributed by atoms with Gasteiger partial charge >= 0.3 is 5.97 Å². The molecule has 0 saturated carbocycles. The summed E-state index contributed by atoms with van der Waals surface area (Å²) in [5.41, 5.74) is -0.462. The number of carboxylic acid groups (broad SMARTS) is 1. The Morgan fingerprint density at radius 2 is 1.89 bits per heavy atom. The van der Waals surface area contributed by atoms with E-state index >= 15 is 0 Å². The second-order valence-electron chi connectivity index (χ2n) is 6.13. The van der Waals surface area contributed by atoms with Crippen molar-refractivity contribution in [1.82, 2.24) is 4.90 Å².